The number of hydrogen-bond donors (Lipinski definition) is 0. The Morgan fingerprint density at radius 2 is 2.00 bits per heavy atom. The van der Waals surface area contributed by atoms with Gasteiger partial charge in [0.1, 0.15) is 0 Å². The number of hydrogen-bond acceptors (Lipinski definition) is 2. The summed E-state index contributed by atoms with van der Waals surface area (Å²) in [4.78, 5) is 7.07. The summed E-state index contributed by atoms with van der Waals surface area (Å²) >= 11 is 3.48. The molecule has 2 nitrogen and oxygen atoms in total. The van der Waals surface area contributed by atoms with Crippen molar-refractivity contribution in [3.8, 4) is 0 Å². The number of alkyl halides is 1. The highest BCUT2D eigenvalue weighted by Gasteiger charge is 2.04. The molecule has 0 saturated carbocycles. The monoisotopic (exact) mass is 292 g/mol. The van der Waals surface area contributed by atoms with Gasteiger partial charge in [-0.1, -0.05) is 47.1 Å². The van der Waals surface area contributed by atoms with Crippen molar-refractivity contribution in [3.63, 3.8) is 0 Å². The first-order valence-electron chi connectivity index (χ1n) is 5.96. The van der Waals surface area contributed by atoms with Crippen molar-refractivity contribution in [3.05, 3.63) is 42.1 Å². The van der Waals surface area contributed by atoms with E-state index in [4.69, 9.17) is 0 Å². The number of benzene rings is 1. The lowest BCUT2D eigenvalue weighted by atomic mass is 10.2. The molecule has 90 valence electrons. The van der Waals surface area contributed by atoms with Gasteiger partial charge in [0.05, 0.1) is 11.2 Å². The van der Waals surface area contributed by atoms with Gasteiger partial charge < -0.3 is 0 Å². The summed E-state index contributed by atoms with van der Waals surface area (Å²) in [7, 11) is 0. The van der Waals surface area contributed by atoms with E-state index in [9.17, 15) is 0 Å². The summed E-state index contributed by atoms with van der Waals surface area (Å²) in [5, 5.41) is 2.22. The largest absolute Gasteiger partial charge is 0.297 e. The third kappa shape index (κ3) is 3.27. The Morgan fingerprint density at radius 1 is 1.18 bits per heavy atom. The molecule has 3 heteroatoms. The number of nitrogens with zero attached hydrogens (tertiary/aromatic N) is 2. The van der Waals surface area contributed by atoms with Crippen LogP contribution in [0.3, 0.4) is 0 Å². The van der Waals surface area contributed by atoms with Crippen LogP contribution in [0.15, 0.2) is 36.4 Å². The highest BCUT2D eigenvalue weighted by atomic mass is 79.9. The maximum Gasteiger partial charge on any atom is 0.0705 e. The molecule has 0 aliphatic carbocycles. The summed E-state index contributed by atoms with van der Waals surface area (Å²) in [6, 6.07) is 12.5. The minimum absolute atomic E-state index is 0.924. The third-order valence-electron chi connectivity index (χ3n) is 2.89. The van der Waals surface area contributed by atoms with E-state index < -0.39 is 0 Å². The van der Waals surface area contributed by atoms with Gasteiger partial charge in [0, 0.05) is 23.8 Å². The minimum atomic E-state index is 0.924. The molecule has 0 aliphatic rings. The van der Waals surface area contributed by atoms with Crippen LogP contribution in [0, 0.1) is 0 Å². The first-order valence-corrected chi connectivity index (χ1v) is 7.08. The molecule has 17 heavy (non-hydrogen) atoms. The van der Waals surface area contributed by atoms with Crippen molar-refractivity contribution >= 4 is 26.8 Å². The molecular weight excluding hydrogens is 276 g/mol. The molecule has 0 unspecified atom stereocenters. The Balaban J connectivity index is 2.18. The van der Waals surface area contributed by atoms with Gasteiger partial charge >= 0.3 is 0 Å². The van der Waals surface area contributed by atoms with Crippen molar-refractivity contribution in [1.29, 1.82) is 0 Å². The van der Waals surface area contributed by atoms with Crippen LogP contribution in [0.4, 0.5) is 0 Å². The quantitative estimate of drug-likeness (QED) is 0.785. The number of aromatic nitrogens is 1. The van der Waals surface area contributed by atoms with Crippen molar-refractivity contribution in [2.24, 2.45) is 0 Å². The van der Waals surface area contributed by atoms with Gasteiger partial charge in [0.25, 0.3) is 0 Å². The molecule has 0 aliphatic heterocycles. The summed E-state index contributed by atoms with van der Waals surface area (Å²) in [6.45, 7) is 5.22. The lowest BCUT2D eigenvalue weighted by Crippen LogP contribution is -2.25. The van der Waals surface area contributed by atoms with Gasteiger partial charge in [-0.2, -0.15) is 0 Å². The highest BCUT2D eigenvalue weighted by molar-refractivity contribution is 9.09. The van der Waals surface area contributed by atoms with Crippen LogP contribution in [0.5, 0.6) is 0 Å². The Labute approximate surface area is 111 Å². The third-order valence-corrected chi connectivity index (χ3v) is 3.24. The van der Waals surface area contributed by atoms with Crippen LogP contribution in [0.2, 0.25) is 0 Å². The van der Waals surface area contributed by atoms with Crippen LogP contribution < -0.4 is 0 Å². The zero-order chi connectivity index (χ0) is 12.1. The van der Waals surface area contributed by atoms with E-state index in [1.54, 1.807) is 0 Å². The molecule has 1 heterocycles. The number of para-hydroxylation sites is 1. The predicted octanol–water partition coefficient (Wildman–Crippen LogP) is 3.45. The summed E-state index contributed by atoms with van der Waals surface area (Å²) in [6.07, 6.45) is 0. The zero-order valence-electron chi connectivity index (χ0n) is 10.1. The first kappa shape index (κ1) is 12.5. The van der Waals surface area contributed by atoms with E-state index >= 15 is 0 Å². The van der Waals surface area contributed by atoms with Gasteiger partial charge in [0.2, 0.25) is 0 Å². The van der Waals surface area contributed by atoms with Crippen LogP contribution in [0.25, 0.3) is 10.9 Å². The van der Waals surface area contributed by atoms with Crippen molar-refractivity contribution < 1.29 is 0 Å². The molecule has 2 rings (SSSR count). The highest BCUT2D eigenvalue weighted by Crippen LogP contribution is 2.13. The first-order chi connectivity index (χ1) is 8.33. The molecular formula is C14H17BrN2. The van der Waals surface area contributed by atoms with Gasteiger partial charge in [-0.25, -0.2) is 0 Å². The maximum atomic E-state index is 4.69. The molecule has 0 amide bonds. The summed E-state index contributed by atoms with van der Waals surface area (Å²) in [5.74, 6) is 0. The average molecular weight is 293 g/mol. The van der Waals surface area contributed by atoms with Gasteiger partial charge in [-0.3, -0.25) is 9.88 Å². The number of pyridine rings is 1. The minimum Gasteiger partial charge on any atom is -0.297 e. The molecule has 2 aromatic rings. The van der Waals surface area contributed by atoms with Crippen LogP contribution >= 0.6 is 15.9 Å². The van der Waals surface area contributed by atoms with Gasteiger partial charge in [0.15, 0.2) is 0 Å². The van der Waals surface area contributed by atoms with E-state index in [-0.39, 0.29) is 0 Å². The molecule has 0 saturated heterocycles. The van der Waals surface area contributed by atoms with Crippen molar-refractivity contribution in [2.45, 2.75) is 13.5 Å². The summed E-state index contributed by atoms with van der Waals surface area (Å²) in [5.41, 5.74) is 2.23. The fourth-order valence-corrected chi connectivity index (χ4v) is 2.40. The molecule has 1 aromatic heterocycles. The van der Waals surface area contributed by atoms with E-state index in [1.807, 2.05) is 12.1 Å². The Morgan fingerprint density at radius 3 is 2.76 bits per heavy atom. The van der Waals surface area contributed by atoms with Gasteiger partial charge in [-0.05, 0) is 18.7 Å². The fourth-order valence-electron chi connectivity index (χ4n) is 1.89. The second-order valence-electron chi connectivity index (χ2n) is 4.05. The SMILES string of the molecule is CCN(CCBr)Cc1ccc2ccccc2n1. The number of rotatable bonds is 5. The second kappa shape index (κ2) is 6.12. The van der Waals surface area contributed by atoms with Crippen molar-refractivity contribution in [2.75, 3.05) is 18.4 Å². The molecule has 0 fully saturated rings. The maximum absolute atomic E-state index is 4.69. The summed E-state index contributed by atoms with van der Waals surface area (Å²) < 4.78 is 0. The number of fused-ring (bicyclic) bond motifs is 1. The number of halogens is 1. The smallest absolute Gasteiger partial charge is 0.0705 e. The lowest BCUT2D eigenvalue weighted by Gasteiger charge is -2.18. The van der Waals surface area contributed by atoms with Gasteiger partial charge in [-0.15, -0.1) is 0 Å². The van der Waals surface area contributed by atoms with Crippen LogP contribution in [-0.2, 0) is 6.54 Å². The second-order valence-corrected chi connectivity index (χ2v) is 4.85. The van der Waals surface area contributed by atoms with Crippen LogP contribution in [0.1, 0.15) is 12.6 Å². The topological polar surface area (TPSA) is 16.1 Å². The lowest BCUT2D eigenvalue weighted by molar-refractivity contribution is 0.296. The molecule has 0 bridgehead atoms. The van der Waals surface area contributed by atoms with Crippen molar-refractivity contribution in [1.82, 2.24) is 9.88 Å². The zero-order valence-corrected chi connectivity index (χ0v) is 11.7. The Kier molecular flexibility index (Phi) is 4.51. The van der Waals surface area contributed by atoms with E-state index in [0.29, 0.717) is 0 Å². The Hall–Kier alpha value is -0.930. The van der Waals surface area contributed by atoms with Crippen LogP contribution in [-0.4, -0.2) is 28.3 Å². The average Bonchev–Trinajstić information content (AvgIpc) is 2.38. The van der Waals surface area contributed by atoms with E-state index in [0.717, 1.165) is 36.2 Å². The van der Waals surface area contributed by atoms with E-state index in [1.165, 1.54) is 5.39 Å². The molecule has 0 N–H and O–H groups in total. The normalized spacial score (nSPS) is 11.2. The standard InChI is InChI=1S/C14H17BrN2/c1-2-17(10-9-15)11-13-8-7-12-5-3-4-6-14(12)16-13/h3-8H,2,9-11H2,1H3. The molecule has 1 aromatic carbocycles. The molecule has 0 atom stereocenters. The molecule has 0 spiro atoms. The molecule has 0 radical (unpaired) electrons. The Bertz CT molecular complexity index is 484. The fraction of sp³-hybridized carbons (Fsp3) is 0.357. The predicted molar refractivity (Wildman–Crippen MR) is 76.5 cm³/mol. The van der Waals surface area contributed by atoms with E-state index in [2.05, 4.69) is 57.0 Å².